The Morgan fingerprint density at radius 3 is 2.61 bits per heavy atom. The van der Waals surface area contributed by atoms with Gasteiger partial charge < -0.3 is 19.3 Å². The standard InChI is InChI=1S/C22H26N4O4S/c1-4-19(27)29-14-30-22(28)26-18-8-6-5-7-17(18)23-20-16(13-15(2)31-20)21(26)25-11-9-24(3)10-12-25/h5-8,13H,4,9-12,14H2,1-3H3. The molecule has 1 aromatic heterocycles. The predicted octanol–water partition coefficient (Wildman–Crippen LogP) is 2.19. The second kappa shape index (κ2) is 9.07. The van der Waals surface area contributed by atoms with E-state index in [2.05, 4.69) is 22.9 Å². The molecule has 0 spiro atoms. The number of rotatable bonds is 4. The predicted molar refractivity (Wildman–Crippen MR) is 119 cm³/mol. The summed E-state index contributed by atoms with van der Waals surface area (Å²) in [6, 6.07) is 9.59. The molecule has 4 rings (SSSR count). The van der Waals surface area contributed by atoms with Crippen LogP contribution in [0, 0.1) is 6.92 Å². The summed E-state index contributed by atoms with van der Waals surface area (Å²) in [6.45, 7) is 6.63. The Balaban J connectivity index is 1.81. The van der Waals surface area contributed by atoms with Gasteiger partial charge in [0.2, 0.25) is 6.79 Å². The van der Waals surface area contributed by atoms with Crippen molar-refractivity contribution in [1.82, 2.24) is 9.80 Å². The van der Waals surface area contributed by atoms with Gasteiger partial charge in [-0.1, -0.05) is 19.1 Å². The van der Waals surface area contributed by atoms with Crippen molar-refractivity contribution < 1.29 is 19.1 Å². The number of hydrogen-bond donors (Lipinski definition) is 0. The molecule has 1 saturated heterocycles. The number of nitrogens with zero attached hydrogens (tertiary/aromatic N) is 4. The fourth-order valence-corrected chi connectivity index (χ4v) is 4.55. The average Bonchev–Trinajstić information content (AvgIpc) is 3.06. The topological polar surface area (TPSA) is 74.7 Å². The zero-order valence-electron chi connectivity index (χ0n) is 18.0. The fraction of sp³-hybridized carbons (Fsp3) is 0.409. The summed E-state index contributed by atoms with van der Waals surface area (Å²) in [5.41, 5.74) is 1.33. The van der Waals surface area contributed by atoms with Crippen molar-refractivity contribution in [3.63, 3.8) is 0 Å². The zero-order chi connectivity index (χ0) is 22.0. The molecule has 9 heteroatoms. The van der Waals surface area contributed by atoms with E-state index in [0.717, 1.165) is 46.8 Å². The number of hydrogen-bond acceptors (Lipinski definition) is 8. The van der Waals surface area contributed by atoms with E-state index in [-0.39, 0.29) is 6.42 Å². The van der Waals surface area contributed by atoms with E-state index in [4.69, 9.17) is 14.5 Å². The molecule has 31 heavy (non-hydrogen) atoms. The highest BCUT2D eigenvalue weighted by atomic mass is 32.1. The van der Waals surface area contributed by atoms with Crippen LogP contribution in [-0.4, -0.2) is 61.9 Å². The number of para-hydroxylation sites is 2. The van der Waals surface area contributed by atoms with Crippen molar-refractivity contribution in [3.05, 3.63) is 45.1 Å². The minimum Gasteiger partial charge on any atom is -0.428 e. The fourth-order valence-electron chi connectivity index (χ4n) is 3.66. The minimum atomic E-state index is -0.600. The highest BCUT2D eigenvalue weighted by Gasteiger charge is 2.32. The Kier molecular flexibility index (Phi) is 6.24. The second-order valence-corrected chi connectivity index (χ2v) is 8.76. The number of piperazine rings is 1. The van der Waals surface area contributed by atoms with Crippen molar-refractivity contribution in [2.24, 2.45) is 4.99 Å². The summed E-state index contributed by atoms with van der Waals surface area (Å²) in [5, 5.41) is 0.908. The van der Waals surface area contributed by atoms with Gasteiger partial charge >= 0.3 is 12.1 Å². The number of anilines is 1. The van der Waals surface area contributed by atoms with Crippen molar-refractivity contribution in [2.75, 3.05) is 44.9 Å². The number of amides is 1. The van der Waals surface area contributed by atoms with Gasteiger partial charge in [0, 0.05) is 37.5 Å². The normalized spacial score (nSPS) is 16.2. The van der Waals surface area contributed by atoms with Gasteiger partial charge in [0.05, 0.1) is 16.6 Å². The first-order valence-electron chi connectivity index (χ1n) is 10.3. The van der Waals surface area contributed by atoms with Gasteiger partial charge in [-0.3, -0.25) is 4.79 Å². The van der Waals surface area contributed by atoms with E-state index in [9.17, 15) is 9.59 Å². The lowest BCUT2D eigenvalue weighted by atomic mass is 10.2. The molecular weight excluding hydrogens is 416 g/mol. The van der Waals surface area contributed by atoms with Gasteiger partial charge in [-0.15, -0.1) is 11.3 Å². The Hall–Kier alpha value is -2.91. The van der Waals surface area contributed by atoms with E-state index < -0.39 is 18.9 Å². The molecule has 1 aromatic carbocycles. The van der Waals surface area contributed by atoms with E-state index in [1.165, 1.54) is 0 Å². The third-order valence-electron chi connectivity index (χ3n) is 5.31. The number of benzene rings is 1. The lowest BCUT2D eigenvalue weighted by Gasteiger charge is -2.38. The third-order valence-corrected chi connectivity index (χ3v) is 6.25. The number of aryl methyl sites for hydroxylation is 1. The molecule has 0 bridgehead atoms. The Morgan fingerprint density at radius 2 is 1.87 bits per heavy atom. The van der Waals surface area contributed by atoms with Crippen LogP contribution in [-0.2, 0) is 14.3 Å². The van der Waals surface area contributed by atoms with Crippen LogP contribution in [0.5, 0.6) is 0 Å². The van der Waals surface area contributed by atoms with Gasteiger partial charge in [0.25, 0.3) is 0 Å². The van der Waals surface area contributed by atoms with Crippen molar-refractivity contribution >= 4 is 40.6 Å². The summed E-state index contributed by atoms with van der Waals surface area (Å²) < 4.78 is 11.2. The maximum absolute atomic E-state index is 13.3. The number of carbonyl (C=O) groups excluding carboxylic acids is 2. The third kappa shape index (κ3) is 4.42. The number of thiophene rings is 1. The number of likely N-dealkylation sites (N-methyl/N-ethyl adjacent to an activating group) is 1. The Labute approximate surface area is 185 Å². The first kappa shape index (κ1) is 21.3. The molecule has 0 aliphatic carbocycles. The molecule has 8 nitrogen and oxygen atoms in total. The summed E-state index contributed by atoms with van der Waals surface area (Å²) in [4.78, 5) is 36.8. The van der Waals surface area contributed by atoms with Crippen LogP contribution in [0.1, 0.15) is 18.2 Å². The molecule has 0 atom stereocenters. The molecule has 164 valence electrons. The van der Waals surface area contributed by atoms with Gasteiger partial charge in [-0.25, -0.2) is 14.7 Å². The number of carbonyl (C=O) groups is 2. The smallest absolute Gasteiger partial charge is 0.423 e. The van der Waals surface area contributed by atoms with Gasteiger partial charge in [0.1, 0.15) is 10.5 Å². The Morgan fingerprint density at radius 1 is 1.13 bits per heavy atom. The summed E-state index contributed by atoms with van der Waals surface area (Å²) >= 11 is 1.60. The molecule has 1 fully saturated rings. The van der Waals surface area contributed by atoms with Crippen LogP contribution in [0.15, 0.2) is 35.3 Å². The Bertz CT molecular complexity index is 1100. The van der Waals surface area contributed by atoms with Gasteiger partial charge in [-0.2, -0.15) is 0 Å². The molecule has 2 aliphatic heterocycles. The van der Waals surface area contributed by atoms with Crippen LogP contribution >= 0.6 is 11.3 Å². The molecular formula is C22H26N4O4S. The quantitative estimate of drug-likeness (QED) is 0.534. The maximum atomic E-state index is 13.3. The SMILES string of the molecule is CCC(=O)OCOC(=O)N1C(N2CCN(C)CC2)=c2cc(C)sc2=Nc2ccccc21. The summed E-state index contributed by atoms with van der Waals surface area (Å²) in [5.74, 6) is 0.339. The molecule has 2 aromatic rings. The van der Waals surface area contributed by atoms with Crippen molar-refractivity contribution in [2.45, 2.75) is 20.3 Å². The number of ether oxygens (including phenoxy) is 2. The molecule has 0 unspecified atom stereocenters. The number of fused-ring (bicyclic) bond motifs is 2. The highest BCUT2D eigenvalue weighted by Crippen LogP contribution is 2.34. The van der Waals surface area contributed by atoms with Crippen LogP contribution in [0.25, 0.3) is 5.82 Å². The lowest BCUT2D eigenvalue weighted by molar-refractivity contribution is -0.151. The maximum Gasteiger partial charge on any atom is 0.423 e. The summed E-state index contributed by atoms with van der Waals surface area (Å²) in [7, 11) is 2.09. The van der Waals surface area contributed by atoms with E-state index in [1.54, 1.807) is 23.2 Å². The molecule has 3 heterocycles. The molecule has 0 N–H and O–H groups in total. The number of esters is 1. The van der Waals surface area contributed by atoms with Crippen LogP contribution in [0.2, 0.25) is 0 Å². The minimum absolute atomic E-state index is 0.221. The highest BCUT2D eigenvalue weighted by molar-refractivity contribution is 7.09. The van der Waals surface area contributed by atoms with Crippen LogP contribution < -0.4 is 14.8 Å². The van der Waals surface area contributed by atoms with Crippen LogP contribution in [0.4, 0.5) is 16.2 Å². The van der Waals surface area contributed by atoms with Crippen molar-refractivity contribution in [1.29, 1.82) is 0 Å². The first-order valence-corrected chi connectivity index (χ1v) is 11.1. The largest absolute Gasteiger partial charge is 0.428 e. The average molecular weight is 443 g/mol. The second-order valence-electron chi connectivity index (χ2n) is 7.52. The molecule has 2 aliphatic rings. The van der Waals surface area contributed by atoms with E-state index in [0.29, 0.717) is 11.4 Å². The van der Waals surface area contributed by atoms with Gasteiger partial charge in [0.15, 0.2) is 0 Å². The lowest BCUT2D eigenvalue weighted by Crippen LogP contribution is -2.51. The molecule has 1 amide bonds. The molecule has 0 radical (unpaired) electrons. The monoisotopic (exact) mass is 442 g/mol. The first-order chi connectivity index (χ1) is 15.0. The van der Waals surface area contributed by atoms with Crippen molar-refractivity contribution in [3.8, 4) is 0 Å². The van der Waals surface area contributed by atoms with E-state index in [1.807, 2.05) is 31.2 Å². The van der Waals surface area contributed by atoms with Crippen LogP contribution in [0.3, 0.4) is 0 Å². The zero-order valence-corrected chi connectivity index (χ0v) is 18.8. The summed E-state index contributed by atoms with van der Waals surface area (Å²) in [6.07, 6.45) is -0.378. The van der Waals surface area contributed by atoms with E-state index >= 15 is 0 Å². The van der Waals surface area contributed by atoms with Gasteiger partial charge in [-0.05, 0) is 32.2 Å². The molecule has 0 saturated carbocycles.